The second kappa shape index (κ2) is 7.87. The molecule has 0 aliphatic carbocycles. The molecule has 0 N–H and O–H groups in total. The molecule has 134 valence electrons. The Kier molecular flexibility index (Phi) is 5.58. The molecular formula is C19H24N2O3S. The Hall–Kier alpha value is -2.08. The molecule has 0 spiro atoms. The van der Waals surface area contributed by atoms with Crippen LogP contribution in [0.2, 0.25) is 0 Å². The van der Waals surface area contributed by atoms with Crippen LogP contribution in [0.3, 0.4) is 0 Å². The first-order valence-electron chi connectivity index (χ1n) is 8.63. The lowest BCUT2D eigenvalue weighted by atomic mass is 10.2. The molecule has 1 saturated heterocycles. The van der Waals surface area contributed by atoms with Crippen molar-refractivity contribution in [1.29, 1.82) is 0 Å². The Morgan fingerprint density at radius 3 is 2.40 bits per heavy atom. The van der Waals surface area contributed by atoms with Crippen molar-refractivity contribution in [2.45, 2.75) is 32.6 Å². The van der Waals surface area contributed by atoms with Gasteiger partial charge in [0.25, 0.3) is 5.91 Å². The fraction of sp³-hybridized carbons (Fsp3) is 0.474. The molecule has 5 nitrogen and oxygen atoms in total. The number of carbonyl (C=O) groups excluding carboxylic acids is 1. The van der Waals surface area contributed by atoms with Crippen LogP contribution in [0.5, 0.6) is 11.5 Å². The number of nitrogens with zero attached hydrogens (tertiary/aromatic N) is 2. The van der Waals surface area contributed by atoms with Gasteiger partial charge in [-0.3, -0.25) is 4.79 Å². The third kappa shape index (κ3) is 3.79. The summed E-state index contributed by atoms with van der Waals surface area (Å²) in [6.07, 6.45) is 4.60. The number of aryl methyl sites for hydroxylation is 1. The summed E-state index contributed by atoms with van der Waals surface area (Å²) in [5, 5.41) is 0.830. The molecule has 0 bridgehead atoms. The fourth-order valence-electron chi connectivity index (χ4n) is 3.10. The number of aromatic nitrogens is 1. The molecule has 0 unspecified atom stereocenters. The predicted molar refractivity (Wildman–Crippen MR) is 99.8 cm³/mol. The van der Waals surface area contributed by atoms with Crippen molar-refractivity contribution in [1.82, 2.24) is 9.88 Å². The van der Waals surface area contributed by atoms with Crippen LogP contribution in [0, 0.1) is 6.92 Å². The summed E-state index contributed by atoms with van der Waals surface area (Å²) >= 11 is 1.46. The summed E-state index contributed by atoms with van der Waals surface area (Å²) in [7, 11) is 3.23. The van der Waals surface area contributed by atoms with Gasteiger partial charge < -0.3 is 14.4 Å². The minimum Gasteiger partial charge on any atom is -0.493 e. The molecule has 0 atom stereocenters. The van der Waals surface area contributed by atoms with Crippen LogP contribution in [-0.2, 0) is 0 Å². The van der Waals surface area contributed by atoms with Gasteiger partial charge in [-0.15, -0.1) is 11.3 Å². The van der Waals surface area contributed by atoms with Crippen molar-refractivity contribution in [3.05, 3.63) is 28.8 Å². The molecule has 1 aliphatic rings. The normalized spacial score (nSPS) is 14.9. The van der Waals surface area contributed by atoms with E-state index in [1.54, 1.807) is 14.2 Å². The maximum atomic E-state index is 12.9. The van der Waals surface area contributed by atoms with E-state index < -0.39 is 0 Å². The third-order valence-corrected chi connectivity index (χ3v) is 5.71. The van der Waals surface area contributed by atoms with Crippen LogP contribution >= 0.6 is 11.3 Å². The number of benzene rings is 1. The van der Waals surface area contributed by atoms with Gasteiger partial charge in [0.1, 0.15) is 9.88 Å². The van der Waals surface area contributed by atoms with Gasteiger partial charge >= 0.3 is 0 Å². The minimum atomic E-state index is 0.114. The summed E-state index contributed by atoms with van der Waals surface area (Å²) in [4.78, 5) is 20.2. The van der Waals surface area contributed by atoms with Gasteiger partial charge in [0.05, 0.1) is 19.9 Å². The maximum absolute atomic E-state index is 12.9. The Bertz CT molecular complexity index is 749. The van der Waals surface area contributed by atoms with Crippen molar-refractivity contribution >= 4 is 17.2 Å². The average Bonchev–Trinajstić information content (AvgIpc) is 2.85. The van der Waals surface area contributed by atoms with Gasteiger partial charge in [-0.25, -0.2) is 4.98 Å². The number of hydrogen-bond donors (Lipinski definition) is 0. The fourth-order valence-corrected chi connectivity index (χ4v) is 4.14. The molecule has 1 fully saturated rings. The molecule has 1 aliphatic heterocycles. The zero-order valence-electron chi connectivity index (χ0n) is 15.0. The van der Waals surface area contributed by atoms with E-state index in [1.807, 2.05) is 30.0 Å². The molecule has 0 saturated carbocycles. The Balaban J connectivity index is 1.88. The van der Waals surface area contributed by atoms with Crippen LogP contribution < -0.4 is 9.47 Å². The number of rotatable bonds is 4. The number of thiazole rings is 1. The van der Waals surface area contributed by atoms with Crippen LogP contribution in [0.25, 0.3) is 10.6 Å². The molecule has 2 heterocycles. The highest BCUT2D eigenvalue weighted by atomic mass is 32.1. The topological polar surface area (TPSA) is 51.7 Å². The SMILES string of the molecule is COc1ccc(-c2nc(C)c(C(=O)N3CCCCCC3)s2)cc1OC. The van der Waals surface area contributed by atoms with Crippen LogP contribution in [0.1, 0.15) is 41.0 Å². The summed E-state index contributed by atoms with van der Waals surface area (Å²) in [6.45, 7) is 3.61. The van der Waals surface area contributed by atoms with Gasteiger partial charge in [-0.1, -0.05) is 12.8 Å². The number of ether oxygens (including phenoxy) is 2. The second-order valence-electron chi connectivity index (χ2n) is 6.21. The predicted octanol–water partition coefficient (Wildman–Crippen LogP) is 4.15. The van der Waals surface area contributed by atoms with Gasteiger partial charge in [-0.2, -0.15) is 0 Å². The molecule has 1 amide bonds. The average molecular weight is 360 g/mol. The van der Waals surface area contributed by atoms with E-state index in [1.165, 1.54) is 24.2 Å². The molecule has 1 aromatic heterocycles. The van der Waals surface area contributed by atoms with E-state index in [-0.39, 0.29) is 5.91 Å². The van der Waals surface area contributed by atoms with Gasteiger partial charge in [0.2, 0.25) is 0 Å². The van der Waals surface area contributed by atoms with Crippen molar-refractivity contribution < 1.29 is 14.3 Å². The minimum absolute atomic E-state index is 0.114. The number of hydrogen-bond acceptors (Lipinski definition) is 5. The first-order valence-corrected chi connectivity index (χ1v) is 9.44. The van der Waals surface area contributed by atoms with Crippen molar-refractivity contribution in [3.8, 4) is 22.1 Å². The van der Waals surface area contributed by atoms with Gasteiger partial charge in [0.15, 0.2) is 11.5 Å². The highest BCUT2D eigenvalue weighted by Crippen LogP contribution is 2.35. The summed E-state index contributed by atoms with van der Waals surface area (Å²) in [5.41, 5.74) is 1.73. The summed E-state index contributed by atoms with van der Waals surface area (Å²) in [5.74, 6) is 1.46. The molecular weight excluding hydrogens is 336 g/mol. The number of carbonyl (C=O) groups is 1. The lowest BCUT2D eigenvalue weighted by Gasteiger charge is -2.19. The van der Waals surface area contributed by atoms with E-state index in [4.69, 9.17) is 9.47 Å². The molecule has 2 aromatic rings. The van der Waals surface area contributed by atoms with Gasteiger partial charge in [0, 0.05) is 18.7 Å². The zero-order chi connectivity index (χ0) is 17.8. The quantitative estimate of drug-likeness (QED) is 0.822. The van der Waals surface area contributed by atoms with Crippen LogP contribution in [0.4, 0.5) is 0 Å². The summed E-state index contributed by atoms with van der Waals surface area (Å²) < 4.78 is 10.7. The largest absolute Gasteiger partial charge is 0.493 e. The number of amides is 1. The van der Waals surface area contributed by atoms with E-state index in [0.717, 1.165) is 47.1 Å². The highest BCUT2D eigenvalue weighted by Gasteiger charge is 2.23. The van der Waals surface area contributed by atoms with E-state index in [9.17, 15) is 4.79 Å². The smallest absolute Gasteiger partial charge is 0.265 e. The van der Waals surface area contributed by atoms with Crippen molar-refractivity contribution in [2.24, 2.45) is 0 Å². The van der Waals surface area contributed by atoms with E-state index in [2.05, 4.69) is 4.98 Å². The summed E-state index contributed by atoms with van der Waals surface area (Å²) in [6, 6.07) is 5.71. The molecule has 0 radical (unpaired) electrons. The number of likely N-dealkylation sites (tertiary alicyclic amines) is 1. The maximum Gasteiger partial charge on any atom is 0.265 e. The Labute approximate surface area is 152 Å². The monoisotopic (exact) mass is 360 g/mol. The van der Waals surface area contributed by atoms with E-state index in [0.29, 0.717) is 11.5 Å². The highest BCUT2D eigenvalue weighted by molar-refractivity contribution is 7.17. The standard InChI is InChI=1S/C19H24N2O3S/c1-13-17(19(22)21-10-6-4-5-7-11-21)25-18(20-13)14-8-9-15(23-2)16(12-14)24-3/h8-9,12H,4-7,10-11H2,1-3H3. The third-order valence-electron chi connectivity index (χ3n) is 4.51. The van der Waals surface area contributed by atoms with Gasteiger partial charge in [-0.05, 0) is 38.0 Å². The molecule has 6 heteroatoms. The van der Waals surface area contributed by atoms with Crippen molar-refractivity contribution in [2.75, 3.05) is 27.3 Å². The Morgan fingerprint density at radius 2 is 1.76 bits per heavy atom. The van der Waals surface area contributed by atoms with Crippen LogP contribution in [-0.4, -0.2) is 43.1 Å². The lowest BCUT2D eigenvalue weighted by Crippen LogP contribution is -2.31. The molecule has 1 aromatic carbocycles. The first-order chi connectivity index (χ1) is 12.1. The lowest BCUT2D eigenvalue weighted by molar-refractivity contribution is 0.0765. The van der Waals surface area contributed by atoms with Crippen molar-refractivity contribution in [3.63, 3.8) is 0 Å². The van der Waals surface area contributed by atoms with E-state index >= 15 is 0 Å². The van der Waals surface area contributed by atoms with Crippen LogP contribution in [0.15, 0.2) is 18.2 Å². The Morgan fingerprint density at radius 1 is 1.08 bits per heavy atom. The number of methoxy groups -OCH3 is 2. The molecule has 25 heavy (non-hydrogen) atoms. The second-order valence-corrected chi connectivity index (χ2v) is 7.21. The first kappa shape index (κ1) is 17.7. The molecule has 3 rings (SSSR count). The zero-order valence-corrected chi connectivity index (χ0v) is 15.8.